The lowest BCUT2D eigenvalue weighted by molar-refractivity contribution is -0.114. The maximum absolute atomic E-state index is 11.3. The molecule has 0 heterocycles. The smallest absolute Gasteiger partial charge is 0.221 e. The van der Waals surface area contributed by atoms with Crippen LogP contribution in [-0.4, -0.2) is 36.3 Å². The summed E-state index contributed by atoms with van der Waals surface area (Å²) in [5, 5.41) is 16.6. The van der Waals surface area contributed by atoms with Crippen LogP contribution in [0.1, 0.15) is 30.9 Å². The highest BCUT2D eigenvalue weighted by molar-refractivity contribution is 5.88. The van der Waals surface area contributed by atoms with Gasteiger partial charge in [0.15, 0.2) is 0 Å². The van der Waals surface area contributed by atoms with E-state index < -0.39 is 6.10 Å². The van der Waals surface area contributed by atoms with Gasteiger partial charge in [0.2, 0.25) is 5.91 Å². The number of amides is 1. The van der Waals surface area contributed by atoms with Crippen molar-refractivity contribution in [2.24, 2.45) is 0 Å². The lowest BCUT2D eigenvalue weighted by Crippen LogP contribution is -2.39. The van der Waals surface area contributed by atoms with E-state index in [1.807, 2.05) is 36.4 Å². The Balaban J connectivity index is 1.51. The quantitative estimate of drug-likeness (QED) is 0.657. The number of aryl methyl sites for hydroxylation is 1. The fourth-order valence-electron chi connectivity index (χ4n) is 3.49. The summed E-state index contributed by atoms with van der Waals surface area (Å²) in [5.41, 5.74) is 3.46. The molecule has 0 aromatic heterocycles. The van der Waals surface area contributed by atoms with E-state index in [2.05, 4.69) is 22.8 Å². The van der Waals surface area contributed by atoms with E-state index in [4.69, 9.17) is 4.74 Å². The van der Waals surface area contributed by atoms with Crippen molar-refractivity contribution in [1.82, 2.24) is 5.32 Å². The fraction of sp³-hybridized carbons (Fsp3) is 0.409. The second kappa shape index (κ2) is 9.53. The minimum atomic E-state index is -0.557. The van der Waals surface area contributed by atoms with Crippen molar-refractivity contribution in [3.8, 4) is 5.75 Å². The average molecular weight is 368 g/mol. The van der Waals surface area contributed by atoms with E-state index in [0.717, 1.165) is 37.1 Å². The van der Waals surface area contributed by atoms with Crippen LogP contribution in [0.3, 0.4) is 0 Å². The number of anilines is 1. The molecule has 0 radical (unpaired) electrons. The van der Waals surface area contributed by atoms with Crippen LogP contribution in [0.15, 0.2) is 48.5 Å². The number of carbonyl (C=O) groups excluding carboxylic acids is 1. The average Bonchev–Trinajstić information content (AvgIpc) is 2.86. The Labute approximate surface area is 160 Å². The lowest BCUT2D eigenvalue weighted by atomic mass is 10.0. The van der Waals surface area contributed by atoms with Crippen LogP contribution in [0.4, 0.5) is 5.69 Å². The van der Waals surface area contributed by atoms with Crippen LogP contribution in [0, 0.1) is 0 Å². The Hall–Kier alpha value is -2.37. The van der Waals surface area contributed by atoms with Gasteiger partial charge in [-0.1, -0.05) is 24.3 Å². The van der Waals surface area contributed by atoms with E-state index in [1.54, 1.807) is 0 Å². The summed E-state index contributed by atoms with van der Waals surface area (Å²) in [6.07, 6.45) is 3.57. The molecule has 3 rings (SSSR count). The molecule has 3 N–H and O–H groups in total. The highest BCUT2D eigenvalue weighted by Gasteiger charge is 2.18. The zero-order valence-electron chi connectivity index (χ0n) is 15.8. The summed E-state index contributed by atoms with van der Waals surface area (Å²) >= 11 is 0. The van der Waals surface area contributed by atoms with Crippen molar-refractivity contribution < 1.29 is 14.6 Å². The number of para-hydroxylation sites is 1. The van der Waals surface area contributed by atoms with Crippen molar-refractivity contribution in [2.75, 3.05) is 18.5 Å². The van der Waals surface area contributed by atoms with Gasteiger partial charge in [0.1, 0.15) is 18.5 Å². The molecule has 1 amide bonds. The molecular weight excluding hydrogens is 340 g/mol. The van der Waals surface area contributed by atoms with Crippen molar-refractivity contribution in [3.05, 3.63) is 59.7 Å². The molecule has 5 heteroatoms. The standard InChI is InChI=1S/C22H28N2O3/c1-16(25)24-20-11-10-17-6-5-7-19(12-18(17)13-20)23-14-21(26)15-27-22-8-3-2-4-9-22/h2-4,8-11,13,19,21,23,26H,5-7,12,14-15H2,1H3,(H,24,25)/t19?,21-/m0/s1. The molecule has 144 valence electrons. The number of ether oxygens (including phenoxy) is 1. The predicted molar refractivity (Wildman–Crippen MR) is 107 cm³/mol. The van der Waals surface area contributed by atoms with Gasteiger partial charge in [0.25, 0.3) is 0 Å². The molecule has 27 heavy (non-hydrogen) atoms. The maximum atomic E-state index is 11.3. The van der Waals surface area contributed by atoms with Gasteiger partial charge < -0.3 is 20.5 Å². The molecule has 5 nitrogen and oxygen atoms in total. The number of hydrogen-bond acceptors (Lipinski definition) is 4. The molecule has 2 atom stereocenters. The Bertz CT molecular complexity index is 748. The Kier molecular flexibility index (Phi) is 6.85. The van der Waals surface area contributed by atoms with E-state index in [1.165, 1.54) is 18.1 Å². The molecular formula is C22H28N2O3. The van der Waals surface area contributed by atoms with E-state index in [0.29, 0.717) is 12.6 Å². The summed E-state index contributed by atoms with van der Waals surface area (Å²) in [5.74, 6) is 0.713. The minimum absolute atomic E-state index is 0.0558. The number of aliphatic hydroxyl groups excluding tert-OH is 1. The van der Waals surface area contributed by atoms with Gasteiger partial charge in [0.05, 0.1) is 0 Å². The minimum Gasteiger partial charge on any atom is -0.491 e. The van der Waals surface area contributed by atoms with Crippen LogP contribution in [-0.2, 0) is 17.6 Å². The zero-order chi connectivity index (χ0) is 19.1. The summed E-state index contributed by atoms with van der Waals surface area (Å²) in [4.78, 5) is 11.3. The summed E-state index contributed by atoms with van der Waals surface area (Å²) in [7, 11) is 0. The van der Waals surface area contributed by atoms with E-state index in [9.17, 15) is 9.90 Å². The first-order chi connectivity index (χ1) is 13.1. The largest absolute Gasteiger partial charge is 0.491 e. The van der Waals surface area contributed by atoms with Gasteiger partial charge in [-0.2, -0.15) is 0 Å². The molecule has 1 aliphatic rings. The molecule has 0 saturated carbocycles. The number of rotatable bonds is 7. The first-order valence-corrected chi connectivity index (χ1v) is 9.59. The topological polar surface area (TPSA) is 70.6 Å². The number of fused-ring (bicyclic) bond motifs is 1. The third kappa shape index (κ3) is 6.08. The molecule has 2 aromatic rings. The number of benzene rings is 2. The Morgan fingerprint density at radius 2 is 2.04 bits per heavy atom. The SMILES string of the molecule is CC(=O)Nc1ccc2c(c1)CC(NC[C@H](O)COc1ccccc1)CCC2. The maximum Gasteiger partial charge on any atom is 0.221 e. The van der Waals surface area contributed by atoms with Gasteiger partial charge in [-0.25, -0.2) is 0 Å². The van der Waals surface area contributed by atoms with Crippen molar-refractivity contribution >= 4 is 11.6 Å². The van der Waals surface area contributed by atoms with Crippen LogP contribution in [0.25, 0.3) is 0 Å². The van der Waals surface area contributed by atoms with Crippen molar-refractivity contribution in [1.29, 1.82) is 0 Å². The predicted octanol–water partition coefficient (Wildman–Crippen LogP) is 2.92. The van der Waals surface area contributed by atoms with Gasteiger partial charge in [-0.3, -0.25) is 4.79 Å². The summed E-state index contributed by atoms with van der Waals surface area (Å²) in [6.45, 7) is 2.29. The monoisotopic (exact) mass is 368 g/mol. The second-order valence-corrected chi connectivity index (χ2v) is 7.14. The van der Waals surface area contributed by atoms with Crippen LogP contribution >= 0.6 is 0 Å². The third-order valence-electron chi connectivity index (χ3n) is 4.82. The Morgan fingerprint density at radius 3 is 2.81 bits per heavy atom. The lowest BCUT2D eigenvalue weighted by Gasteiger charge is -2.20. The third-order valence-corrected chi connectivity index (χ3v) is 4.82. The van der Waals surface area contributed by atoms with Gasteiger partial charge in [0, 0.05) is 25.2 Å². The van der Waals surface area contributed by atoms with Gasteiger partial charge in [-0.05, 0) is 61.1 Å². The highest BCUT2D eigenvalue weighted by atomic mass is 16.5. The summed E-state index contributed by atoms with van der Waals surface area (Å²) in [6, 6.07) is 16.0. The molecule has 0 spiro atoms. The molecule has 0 saturated heterocycles. The molecule has 0 aliphatic heterocycles. The first kappa shape index (κ1) is 19.4. The molecule has 2 aromatic carbocycles. The van der Waals surface area contributed by atoms with Crippen molar-refractivity contribution in [3.63, 3.8) is 0 Å². The molecule has 1 aliphatic carbocycles. The molecule has 0 bridgehead atoms. The number of nitrogens with one attached hydrogen (secondary N) is 2. The molecule has 0 fully saturated rings. The highest BCUT2D eigenvalue weighted by Crippen LogP contribution is 2.24. The van der Waals surface area contributed by atoms with E-state index in [-0.39, 0.29) is 12.5 Å². The molecule has 1 unspecified atom stereocenters. The van der Waals surface area contributed by atoms with E-state index >= 15 is 0 Å². The second-order valence-electron chi connectivity index (χ2n) is 7.14. The zero-order valence-corrected chi connectivity index (χ0v) is 15.8. The number of aliphatic hydroxyl groups is 1. The number of hydrogen-bond donors (Lipinski definition) is 3. The normalized spacial score (nSPS) is 17.5. The van der Waals surface area contributed by atoms with Crippen LogP contribution in [0.2, 0.25) is 0 Å². The first-order valence-electron chi connectivity index (χ1n) is 9.59. The van der Waals surface area contributed by atoms with Gasteiger partial charge >= 0.3 is 0 Å². The van der Waals surface area contributed by atoms with Crippen LogP contribution < -0.4 is 15.4 Å². The number of carbonyl (C=O) groups is 1. The van der Waals surface area contributed by atoms with Crippen LogP contribution in [0.5, 0.6) is 5.75 Å². The van der Waals surface area contributed by atoms with Crippen molar-refractivity contribution in [2.45, 2.75) is 44.8 Å². The summed E-state index contributed by atoms with van der Waals surface area (Å²) < 4.78 is 5.61. The van der Waals surface area contributed by atoms with Gasteiger partial charge in [-0.15, -0.1) is 0 Å². The fourth-order valence-corrected chi connectivity index (χ4v) is 3.49. The Morgan fingerprint density at radius 1 is 1.22 bits per heavy atom.